The maximum atomic E-state index is 12.3. The van der Waals surface area contributed by atoms with Gasteiger partial charge in [-0.25, -0.2) is 0 Å². The van der Waals surface area contributed by atoms with Gasteiger partial charge in [0.2, 0.25) is 5.91 Å². The highest BCUT2D eigenvalue weighted by Crippen LogP contribution is 2.14. The number of β-amino-alcohol motifs (C(OH)–C–C–N with tert-alkyl or cyclic N) is 1. The van der Waals surface area contributed by atoms with Crippen LogP contribution in [-0.4, -0.2) is 66.2 Å². The second-order valence-corrected chi connectivity index (χ2v) is 5.78. The first kappa shape index (κ1) is 16.8. The van der Waals surface area contributed by atoms with Crippen molar-refractivity contribution in [1.82, 2.24) is 9.80 Å². The van der Waals surface area contributed by atoms with Crippen molar-refractivity contribution in [3.8, 4) is 5.75 Å². The summed E-state index contributed by atoms with van der Waals surface area (Å²) in [5.74, 6) is 1.01. The zero-order valence-corrected chi connectivity index (χ0v) is 13.5. The van der Waals surface area contributed by atoms with E-state index in [0.717, 1.165) is 37.5 Å². The second kappa shape index (κ2) is 8.15. The molecule has 2 rings (SSSR count). The summed E-state index contributed by atoms with van der Waals surface area (Å²) in [7, 11) is 0. The van der Waals surface area contributed by atoms with E-state index in [1.54, 1.807) is 6.92 Å². The van der Waals surface area contributed by atoms with Gasteiger partial charge in [-0.1, -0.05) is 12.1 Å². The van der Waals surface area contributed by atoms with Crippen molar-refractivity contribution in [2.45, 2.75) is 26.4 Å². The lowest BCUT2D eigenvalue weighted by atomic mass is 10.1. The van der Waals surface area contributed by atoms with Gasteiger partial charge in [-0.15, -0.1) is 0 Å². The van der Waals surface area contributed by atoms with E-state index in [1.165, 1.54) is 0 Å². The molecule has 1 aliphatic heterocycles. The summed E-state index contributed by atoms with van der Waals surface area (Å²) in [5.41, 5.74) is 1.01. The van der Waals surface area contributed by atoms with Crippen molar-refractivity contribution >= 4 is 5.91 Å². The number of carbonyl (C=O) groups excluding carboxylic acids is 1. The monoisotopic (exact) mass is 306 g/mol. The molecule has 1 saturated heterocycles. The van der Waals surface area contributed by atoms with Crippen molar-refractivity contribution in [3.05, 3.63) is 29.8 Å². The molecule has 5 heteroatoms. The first-order valence-corrected chi connectivity index (χ1v) is 7.98. The molecule has 0 aliphatic carbocycles. The van der Waals surface area contributed by atoms with Crippen LogP contribution in [0, 0.1) is 0 Å². The van der Waals surface area contributed by atoms with Crippen LogP contribution in [-0.2, 0) is 11.2 Å². The van der Waals surface area contributed by atoms with Crippen LogP contribution in [0.1, 0.15) is 19.4 Å². The maximum absolute atomic E-state index is 12.3. The lowest BCUT2D eigenvalue weighted by Gasteiger charge is -2.35. The molecule has 1 fully saturated rings. The normalized spacial score (nSPS) is 17.3. The van der Waals surface area contributed by atoms with Crippen LogP contribution in [0.4, 0.5) is 0 Å². The quantitative estimate of drug-likeness (QED) is 0.857. The maximum Gasteiger partial charge on any atom is 0.227 e. The average Bonchev–Trinajstić information content (AvgIpc) is 2.49. The van der Waals surface area contributed by atoms with E-state index in [2.05, 4.69) is 4.90 Å². The minimum absolute atomic E-state index is 0.167. The lowest BCUT2D eigenvalue weighted by molar-refractivity contribution is -0.132. The standard InChI is InChI=1S/C17H26N2O3/c1-3-22-16-6-4-15(5-7-16)12-17(21)19-10-8-18(9-11-19)13-14(2)20/h4-7,14,20H,3,8-13H2,1-2H3. The van der Waals surface area contributed by atoms with Crippen molar-refractivity contribution in [1.29, 1.82) is 0 Å². The Bertz CT molecular complexity index is 465. The average molecular weight is 306 g/mol. The van der Waals surface area contributed by atoms with Crippen molar-refractivity contribution < 1.29 is 14.6 Å². The van der Waals surface area contributed by atoms with Gasteiger partial charge in [-0.2, -0.15) is 0 Å². The Kier molecular flexibility index (Phi) is 6.21. The Balaban J connectivity index is 1.80. The van der Waals surface area contributed by atoms with Crippen LogP contribution >= 0.6 is 0 Å². The van der Waals surface area contributed by atoms with E-state index in [1.807, 2.05) is 36.1 Å². The molecule has 5 nitrogen and oxygen atoms in total. The summed E-state index contributed by atoms with van der Waals surface area (Å²) in [5, 5.41) is 9.40. The minimum Gasteiger partial charge on any atom is -0.494 e. The third-order valence-corrected chi connectivity index (χ3v) is 3.84. The highest BCUT2D eigenvalue weighted by Gasteiger charge is 2.21. The van der Waals surface area contributed by atoms with E-state index >= 15 is 0 Å². The van der Waals surface area contributed by atoms with Gasteiger partial charge < -0.3 is 14.7 Å². The second-order valence-electron chi connectivity index (χ2n) is 5.78. The molecule has 22 heavy (non-hydrogen) atoms. The number of hydrogen-bond donors (Lipinski definition) is 1. The number of hydrogen-bond acceptors (Lipinski definition) is 4. The number of aliphatic hydroxyl groups is 1. The molecule has 1 N–H and O–H groups in total. The van der Waals surface area contributed by atoms with Crippen LogP contribution in [0.2, 0.25) is 0 Å². The van der Waals surface area contributed by atoms with Gasteiger partial charge >= 0.3 is 0 Å². The third kappa shape index (κ3) is 5.00. The number of rotatable bonds is 6. The fourth-order valence-corrected chi connectivity index (χ4v) is 2.71. The molecule has 1 amide bonds. The fourth-order valence-electron chi connectivity index (χ4n) is 2.71. The van der Waals surface area contributed by atoms with Gasteiger partial charge in [0.1, 0.15) is 5.75 Å². The summed E-state index contributed by atoms with van der Waals surface area (Å²) in [6.45, 7) is 8.22. The highest BCUT2D eigenvalue weighted by atomic mass is 16.5. The molecule has 0 spiro atoms. The van der Waals surface area contributed by atoms with Crippen molar-refractivity contribution in [2.75, 3.05) is 39.3 Å². The minimum atomic E-state index is -0.314. The summed E-state index contributed by atoms with van der Waals surface area (Å²) in [6.07, 6.45) is 0.120. The molecule has 1 aromatic carbocycles. The Morgan fingerprint density at radius 2 is 1.86 bits per heavy atom. The smallest absolute Gasteiger partial charge is 0.227 e. The number of carbonyl (C=O) groups is 1. The van der Waals surface area contributed by atoms with Crippen molar-refractivity contribution in [2.24, 2.45) is 0 Å². The summed E-state index contributed by atoms with van der Waals surface area (Å²) < 4.78 is 5.40. The molecule has 122 valence electrons. The van der Waals surface area contributed by atoms with E-state index < -0.39 is 0 Å². The van der Waals surface area contributed by atoms with E-state index in [-0.39, 0.29) is 12.0 Å². The fraction of sp³-hybridized carbons (Fsp3) is 0.588. The predicted molar refractivity (Wildman–Crippen MR) is 86.0 cm³/mol. The molecule has 0 aromatic heterocycles. The van der Waals surface area contributed by atoms with Gasteiger partial charge in [0.25, 0.3) is 0 Å². The Labute approximate surface area is 132 Å². The molecular weight excluding hydrogens is 280 g/mol. The SMILES string of the molecule is CCOc1ccc(CC(=O)N2CCN(CC(C)O)CC2)cc1. The molecule has 0 saturated carbocycles. The predicted octanol–water partition coefficient (Wildman–Crippen LogP) is 1.15. The van der Waals surface area contributed by atoms with Crippen LogP contribution in [0.3, 0.4) is 0 Å². The number of aliphatic hydroxyl groups excluding tert-OH is 1. The molecular formula is C17H26N2O3. The first-order chi connectivity index (χ1) is 10.6. The zero-order chi connectivity index (χ0) is 15.9. The molecule has 1 heterocycles. The zero-order valence-electron chi connectivity index (χ0n) is 13.5. The molecule has 1 atom stereocenters. The summed E-state index contributed by atoms with van der Waals surface area (Å²) >= 11 is 0. The number of nitrogens with zero attached hydrogens (tertiary/aromatic N) is 2. The van der Waals surface area contributed by atoms with Gasteiger partial charge in [0.15, 0.2) is 0 Å². The molecule has 1 aliphatic rings. The Morgan fingerprint density at radius 1 is 1.23 bits per heavy atom. The number of ether oxygens (including phenoxy) is 1. The largest absolute Gasteiger partial charge is 0.494 e. The van der Waals surface area contributed by atoms with E-state index in [0.29, 0.717) is 19.6 Å². The van der Waals surface area contributed by atoms with Crippen LogP contribution in [0.15, 0.2) is 24.3 Å². The number of piperazine rings is 1. The first-order valence-electron chi connectivity index (χ1n) is 7.98. The molecule has 0 bridgehead atoms. The topological polar surface area (TPSA) is 53.0 Å². The molecule has 1 unspecified atom stereocenters. The van der Waals surface area contributed by atoms with E-state index in [4.69, 9.17) is 4.74 Å². The van der Waals surface area contributed by atoms with Gasteiger partial charge in [-0.05, 0) is 31.5 Å². The Hall–Kier alpha value is -1.59. The number of amides is 1. The summed E-state index contributed by atoms with van der Waals surface area (Å²) in [6, 6.07) is 7.72. The number of benzene rings is 1. The van der Waals surface area contributed by atoms with Gasteiger partial charge in [-0.3, -0.25) is 9.69 Å². The molecule has 0 radical (unpaired) electrons. The van der Waals surface area contributed by atoms with Crippen LogP contribution in [0.5, 0.6) is 5.75 Å². The van der Waals surface area contributed by atoms with Crippen LogP contribution < -0.4 is 4.74 Å². The van der Waals surface area contributed by atoms with Gasteiger partial charge in [0.05, 0.1) is 19.1 Å². The Morgan fingerprint density at radius 3 is 2.41 bits per heavy atom. The summed E-state index contributed by atoms with van der Waals surface area (Å²) in [4.78, 5) is 16.4. The lowest BCUT2D eigenvalue weighted by Crippen LogP contribution is -2.50. The third-order valence-electron chi connectivity index (χ3n) is 3.84. The molecule has 1 aromatic rings. The van der Waals surface area contributed by atoms with Gasteiger partial charge in [0, 0.05) is 32.7 Å². The van der Waals surface area contributed by atoms with Crippen molar-refractivity contribution in [3.63, 3.8) is 0 Å². The highest BCUT2D eigenvalue weighted by molar-refractivity contribution is 5.78. The van der Waals surface area contributed by atoms with E-state index in [9.17, 15) is 9.90 Å². The van der Waals surface area contributed by atoms with Crippen LogP contribution in [0.25, 0.3) is 0 Å².